The zero-order valence-electron chi connectivity index (χ0n) is 24.0. The Bertz CT molecular complexity index is 1690. The van der Waals surface area contributed by atoms with Crippen LogP contribution in [-0.4, -0.2) is 48.7 Å². The van der Waals surface area contributed by atoms with E-state index in [9.17, 15) is 28.8 Å². The number of carbonyl (C=O) groups excluding carboxylic acids is 6. The van der Waals surface area contributed by atoms with Gasteiger partial charge in [-0.15, -0.1) is 0 Å². The Morgan fingerprint density at radius 2 is 1.56 bits per heavy atom. The van der Waals surface area contributed by atoms with Gasteiger partial charge >= 0.3 is 23.9 Å². The normalized spacial score (nSPS) is 22.8. The van der Waals surface area contributed by atoms with Crippen molar-refractivity contribution in [1.82, 2.24) is 0 Å². The van der Waals surface area contributed by atoms with E-state index < -0.39 is 53.7 Å². The summed E-state index contributed by atoms with van der Waals surface area (Å²) >= 11 is 0. The molecule has 0 radical (unpaired) electrons. The molecule has 3 aliphatic rings. The van der Waals surface area contributed by atoms with Gasteiger partial charge in [0.1, 0.15) is 30.5 Å². The molecule has 0 aromatic heterocycles. The highest BCUT2D eigenvalue weighted by atomic mass is 16.6. The first-order chi connectivity index (χ1) is 21.8. The summed E-state index contributed by atoms with van der Waals surface area (Å²) in [7, 11) is 0. The van der Waals surface area contributed by atoms with Crippen LogP contribution in [0.5, 0.6) is 11.5 Å². The van der Waals surface area contributed by atoms with Crippen molar-refractivity contribution < 1.29 is 47.7 Å². The lowest BCUT2D eigenvalue weighted by molar-refractivity contribution is -0.155. The summed E-state index contributed by atoms with van der Waals surface area (Å²) in [6.45, 7) is 0.0305. The van der Waals surface area contributed by atoms with Gasteiger partial charge in [-0.05, 0) is 59.4 Å². The molecule has 1 aliphatic carbocycles. The number of rotatable bonds is 11. The third-order valence-corrected chi connectivity index (χ3v) is 8.31. The Kier molecular flexibility index (Phi) is 8.37. The summed E-state index contributed by atoms with van der Waals surface area (Å²) in [5, 5.41) is 0. The largest absolute Gasteiger partial charge is 0.490 e. The molecule has 5 unspecified atom stereocenters. The first-order valence-electron chi connectivity index (χ1n) is 14.5. The monoisotopic (exact) mass is 608 g/mol. The van der Waals surface area contributed by atoms with Crippen LogP contribution >= 0.6 is 0 Å². The van der Waals surface area contributed by atoms with E-state index in [1.807, 2.05) is 6.07 Å². The molecule has 0 saturated carbocycles. The zero-order valence-corrected chi connectivity index (χ0v) is 24.0. The predicted molar refractivity (Wildman–Crippen MR) is 157 cm³/mol. The van der Waals surface area contributed by atoms with E-state index in [1.54, 1.807) is 72.8 Å². The number of allylic oxidation sites excluding steroid dienone is 1. The summed E-state index contributed by atoms with van der Waals surface area (Å²) in [6, 6.07) is 21.0. The Labute approximate surface area is 257 Å². The number of fused-ring (bicyclic) bond motifs is 3. The van der Waals surface area contributed by atoms with Crippen LogP contribution in [0.1, 0.15) is 58.1 Å². The summed E-state index contributed by atoms with van der Waals surface area (Å²) in [5.74, 6) is -4.80. The van der Waals surface area contributed by atoms with Crippen molar-refractivity contribution in [3.63, 3.8) is 0 Å². The maximum atomic E-state index is 12.7. The molecule has 10 heteroatoms. The second-order valence-corrected chi connectivity index (χ2v) is 11.1. The third-order valence-electron chi connectivity index (χ3n) is 8.31. The number of cyclic esters (lactones) is 4. The first kappa shape index (κ1) is 29.7. The highest BCUT2D eigenvalue weighted by molar-refractivity contribution is 6.06. The smallest absolute Gasteiger partial charge is 0.321 e. The van der Waals surface area contributed by atoms with Crippen LogP contribution in [-0.2, 0) is 33.4 Å². The SMILES string of the molecule is O=CCC(COc1ccc(C=CC(=O)c2ccccc2)cc1)Oc1ccc2c(c1)C1C(=O)OC(=O)C1CC2C1CC(=O)OC1=O. The first-order valence-corrected chi connectivity index (χ1v) is 14.5. The van der Waals surface area contributed by atoms with E-state index in [4.69, 9.17) is 18.9 Å². The van der Waals surface area contributed by atoms with E-state index in [0.29, 0.717) is 34.5 Å². The quantitative estimate of drug-likeness (QED) is 0.101. The third kappa shape index (κ3) is 6.31. The van der Waals surface area contributed by atoms with Crippen molar-refractivity contribution in [2.45, 2.75) is 37.2 Å². The van der Waals surface area contributed by atoms with Gasteiger partial charge in [0.2, 0.25) is 0 Å². The minimum atomic E-state index is -0.864. The van der Waals surface area contributed by atoms with Gasteiger partial charge in [0, 0.05) is 12.0 Å². The van der Waals surface area contributed by atoms with Gasteiger partial charge in [0.15, 0.2) is 5.78 Å². The molecule has 2 saturated heterocycles. The Morgan fingerprint density at radius 3 is 2.27 bits per heavy atom. The van der Waals surface area contributed by atoms with Crippen molar-refractivity contribution in [3.8, 4) is 11.5 Å². The molecule has 3 aromatic rings. The topological polar surface area (TPSA) is 139 Å². The second kappa shape index (κ2) is 12.7. The summed E-state index contributed by atoms with van der Waals surface area (Å²) in [5.41, 5.74) is 2.53. The van der Waals surface area contributed by atoms with Gasteiger partial charge in [-0.2, -0.15) is 0 Å². The molecule has 2 heterocycles. The number of carbonyl (C=O) groups is 6. The molecule has 6 rings (SSSR count). The molecule has 2 aliphatic heterocycles. The minimum Gasteiger partial charge on any atom is -0.490 e. The van der Waals surface area contributed by atoms with E-state index in [2.05, 4.69) is 0 Å². The van der Waals surface area contributed by atoms with E-state index in [0.717, 1.165) is 5.56 Å². The maximum absolute atomic E-state index is 12.7. The molecular weight excluding hydrogens is 580 g/mol. The minimum absolute atomic E-state index is 0.0186. The lowest BCUT2D eigenvalue weighted by atomic mass is 9.67. The van der Waals surface area contributed by atoms with E-state index in [1.165, 1.54) is 6.08 Å². The summed E-state index contributed by atoms with van der Waals surface area (Å²) in [4.78, 5) is 73.2. The molecule has 3 aromatic carbocycles. The molecular formula is C35H28O10. The van der Waals surface area contributed by atoms with Gasteiger partial charge in [-0.25, -0.2) is 0 Å². The molecule has 5 atom stereocenters. The molecule has 45 heavy (non-hydrogen) atoms. The molecule has 0 N–H and O–H groups in total. The van der Waals surface area contributed by atoms with Crippen molar-refractivity contribution in [1.29, 1.82) is 0 Å². The van der Waals surface area contributed by atoms with Gasteiger partial charge in [0.25, 0.3) is 0 Å². The highest BCUT2D eigenvalue weighted by Gasteiger charge is 2.53. The summed E-state index contributed by atoms with van der Waals surface area (Å²) < 4.78 is 21.7. The molecule has 10 nitrogen and oxygen atoms in total. The number of ketones is 1. The van der Waals surface area contributed by atoms with Gasteiger partial charge in [0.05, 0.1) is 24.2 Å². The molecule has 0 amide bonds. The maximum Gasteiger partial charge on any atom is 0.321 e. The Morgan fingerprint density at radius 1 is 0.822 bits per heavy atom. The highest BCUT2D eigenvalue weighted by Crippen LogP contribution is 2.51. The molecule has 0 bridgehead atoms. The number of ether oxygens (including phenoxy) is 4. The number of hydrogen-bond acceptors (Lipinski definition) is 10. The van der Waals surface area contributed by atoms with Crippen LogP contribution in [0.2, 0.25) is 0 Å². The fraction of sp³-hybridized carbons (Fsp3) is 0.257. The fourth-order valence-corrected chi connectivity index (χ4v) is 6.11. The van der Waals surface area contributed by atoms with Crippen LogP contribution in [0.3, 0.4) is 0 Å². The number of benzene rings is 3. The predicted octanol–water partition coefficient (Wildman–Crippen LogP) is 4.36. The standard InChI is InChI=1S/C35H28O10/c36-15-14-24(19-42-22-9-6-20(7-10-22)8-13-30(37)21-4-2-1-3-5-21)43-23-11-12-25-26(28-18-31(38)44-33(28)39)17-29-32(27(25)16-23)35(41)45-34(29)40/h1-13,15-16,24,26,28-29,32H,14,17-19H2. The van der Waals surface area contributed by atoms with Crippen LogP contribution in [0.15, 0.2) is 78.9 Å². The summed E-state index contributed by atoms with van der Waals surface area (Å²) in [6.07, 6.45) is 3.33. The van der Waals surface area contributed by atoms with E-state index >= 15 is 0 Å². The average Bonchev–Trinajstić information content (AvgIpc) is 3.54. The number of esters is 4. The number of aldehydes is 1. The van der Waals surface area contributed by atoms with Crippen LogP contribution in [0.25, 0.3) is 6.08 Å². The van der Waals surface area contributed by atoms with Gasteiger partial charge in [-0.1, -0.05) is 54.6 Å². The van der Waals surface area contributed by atoms with Gasteiger partial charge < -0.3 is 23.7 Å². The van der Waals surface area contributed by atoms with Crippen molar-refractivity contribution in [3.05, 3.63) is 101 Å². The lowest BCUT2D eigenvalue weighted by Gasteiger charge is -2.33. The van der Waals surface area contributed by atoms with Crippen LogP contribution in [0.4, 0.5) is 0 Å². The number of hydrogen-bond donors (Lipinski definition) is 0. The molecule has 228 valence electrons. The molecule has 0 spiro atoms. The second-order valence-electron chi connectivity index (χ2n) is 11.1. The lowest BCUT2D eigenvalue weighted by Crippen LogP contribution is -2.31. The van der Waals surface area contributed by atoms with Crippen LogP contribution in [0, 0.1) is 11.8 Å². The van der Waals surface area contributed by atoms with Crippen molar-refractivity contribution >= 4 is 42.0 Å². The molecule has 2 fully saturated rings. The van der Waals surface area contributed by atoms with E-state index in [-0.39, 0.29) is 31.7 Å². The fourth-order valence-electron chi connectivity index (χ4n) is 6.11. The average molecular weight is 609 g/mol. The van der Waals surface area contributed by atoms with Gasteiger partial charge in [-0.3, -0.25) is 24.0 Å². The Balaban J connectivity index is 1.15. The van der Waals surface area contributed by atoms with Crippen molar-refractivity contribution in [2.24, 2.45) is 11.8 Å². The van der Waals surface area contributed by atoms with Crippen LogP contribution < -0.4 is 9.47 Å². The van der Waals surface area contributed by atoms with Crippen molar-refractivity contribution in [2.75, 3.05) is 6.61 Å². The zero-order chi connectivity index (χ0) is 31.5. The Hall–Kier alpha value is -5.38.